The van der Waals surface area contributed by atoms with Crippen molar-refractivity contribution in [3.63, 3.8) is 0 Å². The van der Waals surface area contributed by atoms with Crippen LogP contribution >= 0.6 is 10.5 Å². The molecule has 0 aromatic heterocycles. The van der Waals surface area contributed by atoms with E-state index in [0.717, 1.165) is 69.2 Å². The topological polar surface area (TPSA) is 98.7 Å². The molecule has 2 aromatic carbocycles. The van der Waals surface area contributed by atoms with Gasteiger partial charge in [-0.1, -0.05) is 129 Å². The van der Waals surface area contributed by atoms with Gasteiger partial charge in [-0.3, -0.25) is 9.59 Å². The Bertz CT molecular complexity index is 1430. The summed E-state index contributed by atoms with van der Waals surface area (Å²) in [5, 5.41) is 26.6. The molecule has 0 saturated carbocycles. The van der Waals surface area contributed by atoms with Crippen LogP contribution in [0.25, 0.3) is 0 Å². The molecule has 3 rings (SSSR count). The Balaban J connectivity index is 1.43. The van der Waals surface area contributed by atoms with E-state index in [-0.39, 0.29) is 39.5 Å². The second-order valence-corrected chi connectivity index (χ2v) is 17.6. The van der Waals surface area contributed by atoms with Crippen molar-refractivity contribution in [1.82, 2.24) is 5.32 Å². The van der Waals surface area contributed by atoms with E-state index in [1.807, 2.05) is 13.0 Å². The SMILES string of the molecule is C=S1C[C@@](CC)(CCCC)[C@H](C)[C@H](c2cccc(NC(=O)CCCCCCCCCCNC(=O)[C@H](C)[C@@H](O)[C@H](C)[C@H](O)CC)c2)c2cc(C)ccc21. The molecular formula is C45H72N2O4S. The first-order valence-electron chi connectivity index (χ1n) is 20.5. The van der Waals surface area contributed by atoms with Gasteiger partial charge in [0.05, 0.1) is 18.1 Å². The van der Waals surface area contributed by atoms with Crippen LogP contribution in [0.2, 0.25) is 0 Å². The Morgan fingerprint density at radius 3 is 2.27 bits per heavy atom. The number of aryl methyl sites for hydroxylation is 1. The number of benzene rings is 2. The zero-order chi connectivity index (χ0) is 38.3. The highest BCUT2D eigenvalue weighted by Crippen LogP contribution is 2.56. The van der Waals surface area contributed by atoms with E-state index in [4.69, 9.17) is 5.87 Å². The van der Waals surface area contributed by atoms with Gasteiger partial charge in [-0.2, -0.15) is 10.5 Å². The Morgan fingerprint density at radius 2 is 1.62 bits per heavy atom. The van der Waals surface area contributed by atoms with Crippen LogP contribution in [0.1, 0.15) is 154 Å². The summed E-state index contributed by atoms with van der Waals surface area (Å²) in [5.41, 5.74) is 5.13. The lowest BCUT2D eigenvalue weighted by atomic mass is 9.64. The zero-order valence-electron chi connectivity index (χ0n) is 33.6. The van der Waals surface area contributed by atoms with Crippen molar-refractivity contribution >= 4 is 33.9 Å². The zero-order valence-corrected chi connectivity index (χ0v) is 34.5. The Morgan fingerprint density at radius 1 is 0.942 bits per heavy atom. The fraction of sp³-hybridized carbons (Fsp3) is 0.667. The number of carbonyl (C=O) groups is 2. The molecule has 2 amide bonds. The van der Waals surface area contributed by atoms with Crippen LogP contribution in [0, 0.1) is 30.1 Å². The molecule has 0 bridgehead atoms. The van der Waals surface area contributed by atoms with E-state index in [0.29, 0.717) is 25.3 Å². The molecule has 2 aromatic rings. The minimum atomic E-state index is -0.852. The molecule has 7 heteroatoms. The third-order valence-electron chi connectivity index (χ3n) is 12.1. The minimum Gasteiger partial charge on any atom is -0.393 e. The first kappa shape index (κ1) is 43.9. The van der Waals surface area contributed by atoms with Gasteiger partial charge in [-0.15, -0.1) is 0 Å². The largest absolute Gasteiger partial charge is 0.393 e. The van der Waals surface area contributed by atoms with Gasteiger partial charge >= 0.3 is 0 Å². The van der Waals surface area contributed by atoms with E-state index >= 15 is 0 Å². The van der Waals surface area contributed by atoms with Crippen molar-refractivity contribution in [1.29, 1.82) is 0 Å². The van der Waals surface area contributed by atoms with Gasteiger partial charge in [0.1, 0.15) is 0 Å². The number of anilines is 1. The number of amides is 2. The summed E-state index contributed by atoms with van der Waals surface area (Å²) in [6, 6.07) is 15.6. The number of aliphatic hydroxyl groups excluding tert-OH is 2. The molecule has 4 N–H and O–H groups in total. The summed E-state index contributed by atoms with van der Waals surface area (Å²) in [6.45, 7) is 15.3. The van der Waals surface area contributed by atoms with Crippen LogP contribution in [0.4, 0.5) is 5.69 Å². The molecule has 1 aliphatic rings. The predicted octanol–water partition coefficient (Wildman–Crippen LogP) is 10.4. The molecule has 0 fully saturated rings. The molecule has 1 unspecified atom stereocenters. The molecule has 0 spiro atoms. The predicted molar refractivity (Wildman–Crippen MR) is 223 cm³/mol. The van der Waals surface area contributed by atoms with Crippen LogP contribution in [-0.4, -0.2) is 52.4 Å². The maximum Gasteiger partial charge on any atom is 0.225 e. The van der Waals surface area contributed by atoms with Gasteiger partial charge in [0.15, 0.2) is 0 Å². The maximum absolute atomic E-state index is 13.0. The average molecular weight is 737 g/mol. The van der Waals surface area contributed by atoms with Crippen LogP contribution in [0.3, 0.4) is 0 Å². The molecule has 1 heterocycles. The lowest BCUT2D eigenvalue weighted by Crippen LogP contribution is -2.42. The van der Waals surface area contributed by atoms with Crippen molar-refractivity contribution in [2.45, 2.75) is 161 Å². The molecule has 0 saturated heterocycles. The smallest absolute Gasteiger partial charge is 0.225 e. The summed E-state index contributed by atoms with van der Waals surface area (Å²) in [6.07, 6.45) is 13.0. The van der Waals surface area contributed by atoms with Crippen LogP contribution in [0.15, 0.2) is 47.4 Å². The lowest BCUT2D eigenvalue weighted by Gasteiger charge is -2.42. The third-order valence-corrected chi connectivity index (χ3v) is 14.0. The molecule has 1 aliphatic heterocycles. The maximum atomic E-state index is 13.0. The Kier molecular flexibility index (Phi) is 18.6. The second-order valence-electron chi connectivity index (χ2n) is 15.9. The number of fused-ring (bicyclic) bond motifs is 1. The summed E-state index contributed by atoms with van der Waals surface area (Å²) in [5.74, 6) is 5.67. The lowest BCUT2D eigenvalue weighted by molar-refractivity contribution is -0.130. The number of hydrogen-bond acceptors (Lipinski definition) is 4. The van der Waals surface area contributed by atoms with E-state index in [2.05, 4.69) is 74.7 Å². The summed E-state index contributed by atoms with van der Waals surface area (Å²) < 4.78 is 0. The highest BCUT2D eigenvalue weighted by atomic mass is 32.2. The Labute approximate surface area is 319 Å². The van der Waals surface area contributed by atoms with Gasteiger partial charge in [0.25, 0.3) is 0 Å². The third kappa shape index (κ3) is 12.3. The molecule has 292 valence electrons. The summed E-state index contributed by atoms with van der Waals surface area (Å²) >= 11 is 0. The monoisotopic (exact) mass is 737 g/mol. The van der Waals surface area contributed by atoms with E-state index < -0.39 is 18.1 Å². The molecule has 6 nitrogen and oxygen atoms in total. The highest BCUT2D eigenvalue weighted by Gasteiger charge is 2.43. The summed E-state index contributed by atoms with van der Waals surface area (Å²) in [4.78, 5) is 26.9. The second kappa shape index (κ2) is 22.0. The Hall–Kier alpha value is -2.48. The van der Waals surface area contributed by atoms with Crippen molar-refractivity contribution in [3.05, 3.63) is 59.2 Å². The van der Waals surface area contributed by atoms with Gasteiger partial charge in [-0.25, -0.2) is 0 Å². The number of aliphatic hydroxyl groups is 2. The average Bonchev–Trinajstić information content (AvgIpc) is 3.22. The molecule has 8 atom stereocenters. The van der Waals surface area contributed by atoms with Crippen molar-refractivity contribution in [2.24, 2.45) is 23.2 Å². The van der Waals surface area contributed by atoms with Crippen molar-refractivity contribution in [2.75, 3.05) is 17.6 Å². The number of hydrogen-bond donors (Lipinski definition) is 4. The fourth-order valence-electron chi connectivity index (χ4n) is 8.34. The first-order chi connectivity index (χ1) is 24.9. The van der Waals surface area contributed by atoms with Crippen LogP contribution in [0.5, 0.6) is 0 Å². The number of unbranched alkanes of at least 4 members (excludes halogenated alkanes) is 8. The quantitative estimate of drug-likeness (QED) is 0.0714. The minimum absolute atomic E-state index is 0.0566. The van der Waals surface area contributed by atoms with Gasteiger partial charge in [-0.05, 0) is 85.4 Å². The van der Waals surface area contributed by atoms with Crippen LogP contribution in [-0.2, 0) is 9.59 Å². The van der Waals surface area contributed by atoms with Gasteiger partial charge < -0.3 is 20.8 Å². The standard InChI is InChI=1S/C45H72N2O4S/c1-9-12-27-45(11-3)31-52(8)40-26-25-32(4)29-38(40)42(35(45)7)36-22-21-23-37(30-36)47-41(49)24-19-17-15-13-14-16-18-20-28-46-44(51)34(6)43(50)33(5)39(48)10-2/h21-23,25-26,29-30,33-35,39,42-43,48,50H,8-20,24,27-28,31H2,1-7H3,(H,46,51)(H,47,49)/t33-,34-,35-,39-,42-,43+,45-,52?/m1/s1. The molecular weight excluding hydrogens is 665 g/mol. The van der Waals surface area contributed by atoms with Crippen molar-refractivity contribution in [3.8, 4) is 0 Å². The molecule has 0 radical (unpaired) electrons. The van der Waals surface area contributed by atoms with E-state index in [1.54, 1.807) is 13.8 Å². The number of carbonyl (C=O) groups excluding carboxylic acids is 2. The van der Waals surface area contributed by atoms with Gasteiger partial charge in [0.2, 0.25) is 11.8 Å². The van der Waals surface area contributed by atoms with Crippen molar-refractivity contribution < 1.29 is 19.8 Å². The first-order valence-corrected chi connectivity index (χ1v) is 22.1. The molecule has 0 aliphatic carbocycles. The van der Waals surface area contributed by atoms with E-state index in [1.165, 1.54) is 40.8 Å². The molecule has 52 heavy (non-hydrogen) atoms. The van der Waals surface area contributed by atoms with Gasteiger partial charge in [0, 0.05) is 35.4 Å². The number of rotatable bonds is 22. The highest BCUT2D eigenvalue weighted by molar-refractivity contribution is 8.14. The number of nitrogens with one attached hydrogen (secondary N) is 2. The van der Waals surface area contributed by atoms with Crippen LogP contribution < -0.4 is 10.6 Å². The summed E-state index contributed by atoms with van der Waals surface area (Å²) in [7, 11) is -0.0566. The fourth-order valence-corrected chi connectivity index (χ4v) is 10.6. The normalized spacial score (nSPS) is 22.4. The van der Waals surface area contributed by atoms with E-state index in [9.17, 15) is 19.8 Å².